The Kier molecular flexibility index (Phi) is 22.5. The number of nitrogen functional groups attached to an aromatic ring is 1. The largest absolute Gasteiger partial charge is 0.480 e. The fraction of sp³-hybridized carbons (Fsp3) is 0.154. The molecule has 0 aliphatic rings. The van der Waals surface area contributed by atoms with Crippen LogP contribution < -0.4 is 27.6 Å². The fourth-order valence-corrected chi connectivity index (χ4v) is 4.94. The van der Waals surface area contributed by atoms with Crippen LogP contribution in [0.3, 0.4) is 0 Å². The number of nitrogens with zero attached hydrogens (tertiary/aromatic N) is 6. The predicted octanol–water partition coefficient (Wildman–Crippen LogP) is 7.49. The van der Waals surface area contributed by atoms with Gasteiger partial charge in [-0.1, -0.05) is 103 Å². The second-order valence-corrected chi connectivity index (χ2v) is 12.8. The molecule has 21 heteroatoms. The van der Waals surface area contributed by atoms with Gasteiger partial charge in [0.15, 0.2) is 11.5 Å². The van der Waals surface area contributed by atoms with Crippen LogP contribution in [0.15, 0.2) is 122 Å². The molecule has 0 aliphatic carbocycles. The molecule has 2 aromatic carbocycles. The maximum Gasteiger partial charge on any atom is 0.407 e. The molecule has 0 saturated carbocycles. The number of hydrazine groups is 1. The molecule has 0 unspecified atom stereocenters. The molecule has 5 aromatic heterocycles. The van der Waals surface area contributed by atoms with E-state index in [1.807, 2.05) is 83.4 Å². The predicted molar refractivity (Wildman–Crippen MR) is 236 cm³/mol. The van der Waals surface area contributed by atoms with Crippen molar-refractivity contribution in [1.29, 1.82) is 0 Å². The number of halogens is 4. The van der Waals surface area contributed by atoms with Crippen molar-refractivity contribution in [2.45, 2.75) is 33.7 Å². The zero-order valence-electron chi connectivity index (χ0n) is 31.0. The number of fused-ring (bicyclic) bond motifs is 2. The first-order chi connectivity index (χ1) is 28.0. The number of carbonyl (C=O) groups excluding carboxylic acids is 2. The van der Waals surface area contributed by atoms with E-state index in [9.17, 15) is 14.4 Å². The van der Waals surface area contributed by atoms with Gasteiger partial charge in [-0.2, -0.15) is 0 Å². The second kappa shape index (κ2) is 26.9. The lowest BCUT2D eigenvalue weighted by Gasteiger charge is -2.06. The minimum Gasteiger partial charge on any atom is -0.480 e. The quantitative estimate of drug-likeness (QED) is 0.0577. The zero-order chi connectivity index (χ0) is 41.7. The number of carbonyl (C=O) groups is 3. The first-order valence-corrected chi connectivity index (χ1v) is 18.2. The molecule has 8 N–H and O–H groups in total. The summed E-state index contributed by atoms with van der Waals surface area (Å²) >= 11 is 17.3. The van der Waals surface area contributed by atoms with Crippen molar-refractivity contribution >= 4 is 86.9 Å². The molecule has 7 aromatic rings. The number of benzene rings is 2. The van der Waals surface area contributed by atoms with Crippen LogP contribution in [0.5, 0.6) is 0 Å². The summed E-state index contributed by atoms with van der Waals surface area (Å²) in [6, 6.07) is 29.2. The molecule has 0 bridgehead atoms. The Balaban J connectivity index is 0.000000287. The zero-order valence-corrected chi connectivity index (χ0v) is 34.9. The molecule has 2 amide bonds. The molecule has 17 nitrogen and oxygen atoms in total. The lowest BCUT2D eigenvalue weighted by atomic mass is 10.2. The highest BCUT2D eigenvalue weighted by Gasteiger charge is 2.09. The summed E-state index contributed by atoms with van der Waals surface area (Å²) in [4.78, 5) is 40.7. The Hall–Kier alpha value is -6.02. The molecule has 0 atom stereocenters. The number of pyridine rings is 3. The van der Waals surface area contributed by atoms with Gasteiger partial charge in [-0.15, -0.1) is 27.2 Å². The number of alkyl carbamates (subject to hydrolysis) is 2. The molecule has 5 heterocycles. The minimum atomic E-state index is -1.10. The van der Waals surface area contributed by atoms with Crippen LogP contribution in [0, 0.1) is 0 Å². The fourth-order valence-electron chi connectivity index (χ4n) is 4.51. The number of imidazole rings is 1. The molecule has 0 spiro atoms. The van der Waals surface area contributed by atoms with E-state index in [4.69, 9.17) is 61.0 Å². The normalized spacial score (nSPS) is 9.75. The maximum absolute atomic E-state index is 11.7. The van der Waals surface area contributed by atoms with E-state index in [2.05, 4.69) is 36.2 Å². The highest BCUT2D eigenvalue weighted by Crippen LogP contribution is 2.13. The van der Waals surface area contributed by atoms with Gasteiger partial charge in [-0.05, 0) is 47.5 Å². The van der Waals surface area contributed by atoms with Gasteiger partial charge < -0.3 is 40.8 Å². The van der Waals surface area contributed by atoms with Gasteiger partial charge in [0.1, 0.15) is 31.4 Å². The Morgan fingerprint density at radius 1 is 0.683 bits per heavy atom. The Bertz CT molecular complexity index is 2360. The number of amides is 2. The SMILES string of the molecule is Br.C.NCc1ncc2ccc(Cl)cn12.NNc1ccc(Cl)cn1.O=C(NCc1nnc2ccc(Cl)cn12)OCc1ccccc1.O=C(O)CNC(=O)OCc1ccccc1. The summed E-state index contributed by atoms with van der Waals surface area (Å²) in [5.74, 6) is 5.95. The lowest BCUT2D eigenvalue weighted by Crippen LogP contribution is -2.29. The number of carboxylic acids is 1. The van der Waals surface area contributed by atoms with Crippen LogP contribution >= 0.6 is 51.8 Å². The van der Waals surface area contributed by atoms with Crippen molar-refractivity contribution in [2.75, 3.05) is 12.0 Å². The van der Waals surface area contributed by atoms with Gasteiger partial charge in [0, 0.05) is 18.6 Å². The van der Waals surface area contributed by atoms with E-state index in [0.717, 1.165) is 22.5 Å². The Morgan fingerprint density at radius 3 is 1.80 bits per heavy atom. The van der Waals surface area contributed by atoms with Crippen LogP contribution in [-0.4, -0.2) is 58.8 Å². The molecule has 318 valence electrons. The standard InChI is InChI=1S/C15H13ClN4O2.C10H11NO4.C8H8ClN3.C5H6ClN3.CH4.BrH/c16-12-6-7-13-18-19-14(20(13)9-12)8-17-15(21)22-10-11-4-2-1-3-5-11;12-9(13)6-11-10(14)15-7-8-4-2-1-3-5-8;9-6-1-2-7-4-11-8(3-10)12(7)5-6;6-4-1-2-5(9-7)8-3-4;;/h1-7,9H,8,10H2,(H,17,21);1-5H,6-7H2,(H,11,14)(H,12,13);1-2,4-5H,3,10H2;1-3H,7H2,(H,8,9);1H4;1H. The van der Waals surface area contributed by atoms with E-state index in [-0.39, 0.29) is 44.2 Å². The van der Waals surface area contributed by atoms with Crippen molar-refractivity contribution < 1.29 is 29.0 Å². The third-order valence-corrected chi connectivity index (χ3v) is 7.93. The highest BCUT2D eigenvalue weighted by atomic mass is 79.9. The molecule has 0 saturated heterocycles. The number of hydrogen-bond acceptors (Lipinski definition) is 12. The van der Waals surface area contributed by atoms with Crippen molar-refractivity contribution in [3.05, 3.63) is 160 Å². The number of rotatable bonds is 10. The minimum absolute atomic E-state index is 0. The summed E-state index contributed by atoms with van der Waals surface area (Å²) in [7, 11) is 0. The van der Waals surface area contributed by atoms with Gasteiger partial charge in [-0.25, -0.2) is 25.4 Å². The number of hydrogen-bond donors (Lipinski definition) is 6. The van der Waals surface area contributed by atoms with Crippen LogP contribution in [-0.2, 0) is 40.6 Å². The monoisotopic (exact) mass is 945 g/mol. The van der Waals surface area contributed by atoms with Gasteiger partial charge >= 0.3 is 18.2 Å². The smallest absolute Gasteiger partial charge is 0.407 e. The first kappa shape index (κ1) is 50.1. The number of ether oxygens (including phenoxy) is 2. The van der Waals surface area contributed by atoms with Crippen LogP contribution in [0.1, 0.15) is 30.2 Å². The average Bonchev–Trinajstić information content (AvgIpc) is 3.85. The van der Waals surface area contributed by atoms with Crippen molar-refractivity contribution in [1.82, 2.24) is 39.6 Å². The van der Waals surface area contributed by atoms with E-state index >= 15 is 0 Å². The number of aliphatic carboxylic acids is 1. The third-order valence-electron chi connectivity index (χ3n) is 7.26. The number of aromatic nitrogens is 6. The number of carboxylic acid groups (broad SMARTS) is 1. The first-order valence-electron chi connectivity index (χ1n) is 17.0. The van der Waals surface area contributed by atoms with Crippen LogP contribution in [0.4, 0.5) is 15.4 Å². The van der Waals surface area contributed by atoms with Crippen molar-refractivity contribution in [3.8, 4) is 0 Å². The topological polar surface area (TPSA) is 238 Å². The summed E-state index contributed by atoms with van der Waals surface area (Å²) in [6.45, 7) is 0.544. The maximum atomic E-state index is 11.7. The van der Waals surface area contributed by atoms with Crippen molar-refractivity contribution in [3.63, 3.8) is 0 Å². The molecular formula is C39H43BrCl3N11O6. The van der Waals surface area contributed by atoms with Crippen LogP contribution in [0.25, 0.3) is 11.2 Å². The van der Waals surface area contributed by atoms with E-state index in [1.54, 1.807) is 41.1 Å². The summed E-state index contributed by atoms with van der Waals surface area (Å²) in [5.41, 5.74) is 11.3. The molecule has 0 radical (unpaired) electrons. The van der Waals surface area contributed by atoms with Gasteiger partial charge in [0.05, 0.1) is 39.9 Å². The summed E-state index contributed by atoms with van der Waals surface area (Å²) in [5, 5.41) is 22.9. The average molecular weight is 948 g/mol. The summed E-state index contributed by atoms with van der Waals surface area (Å²) in [6.07, 6.45) is 5.56. The van der Waals surface area contributed by atoms with Crippen molar-refractivity contribution in [2.24, 2.45) is 11.6 Å². The molecule has 0 fully saturated rings. The Labute approximate surface area is 370 Å². The number of nitrogens with two attached hydrogens (primary N) is 2. The highest BCUT2D eigenvalue weighted by molar-refractivity contribution is 8.93. The van der Waals surface area contributed by atoms with E-state index in [0.29, 0.717) is 38.9 Å². The second-order valence-electron chi connectivity index (χ2n) is 11.4. The number of anilines is 1. The molecule has 7 rings (SSSR count). The number of nitrogens with one attached hydrogen (secondary N) is 3. The lowest BCUT2D eigenvalue weighted by molar-refractivity contribution is -0.135. The Morgan fingerprint density at radius 2 is 1.25 bits per heavy atom. The summed E-state index contributed by atoms with van der Waals surface area (Å²) < 4.78 is 13.5. The third kappa shape index (κ3) is 17.5. The molecule has 60 heavy (non-hydrogen) atoms. The van der Waals surface area contributed by atoms with E-state index < -0.39 is 24.7 Å². The van der Waals surface area contributed by atoms with E-state index in [1.165, 1.54) is 6.20 Å². The molecule has 0 aliphatic heterocycles. The van der Waals surface area contributed by atoms with Crippen LogP contribution in [0.2, 0.25) is 15.1 Å². The molecular weight excluding hydrogens is 905 g/mol. The van der Waals surface area contributed by atoms with Gasteiger partial charge in [0.25, 0.3) is 0 Å². The van der Waals surface area contributed by atoms with Gasteiger partial charge in [-0.3, -0.25) is 9.20 Å². The van der Waals surface area contributed by atoms with Gasteiger partial charge in [0.2, 0.25) is 0 Å².